The van der Waals surface area contributed by atoms with Crippen molar-refractivity contribution < 1.29 is 19.1 Å². The van der Waals surface area contributed by atoms with Gasteiger partial charge in [-0.3, -0.25) is 4.79 Å². The number of halogens is 2. The van der Waals surface area contributed by atoms with Gasteiger partial charge in [-0.25, -0.2) is 9.18 Å². The number of carboxylic acids is 1. The van der Waals surface area contributed by atoms with Crippen LogP contribution in [0.2, 0.25) is 0 Å². The standard InChI is InChI=1S/C11H11ClFNO3/c12-6-10(15)14-9(11(16)17)5-7-3-1-2-4-8(7)13/h1-4,9H,5-6H2,(H,14,15)(H,16,17). The third-order valence-electron chi connectivity index (χ3n) is 2.14. The molecule has 0 bridgehead atoms. The molecule has 2 N–H and O–H groups in total. The molecule has 0 heterocycles. The van der Waals surface area contributed by atoms with E-state index >= 15 is 0 Å². The molecule has 1 atom stereocenters. The van der Waals surface area contributed by atoms with Crippen molar-refractivity contribution in [2.45, 2.75) is 12.5 Å². The molecule has 4 nitrogen and oxygen atoms in total. The molecule has 0 aromatic heterocycles. The fourth-order valence-corrected chi connectivity index (χ4v) is 1.39. The first kappa shape index (κ1) is 13.4. The van der Waals surface area contributed by atoms with Gasteiger partial charge in [0.1, 0.15) is 17.7 Å². The van der Waals surface area contributed by atoms with Crippen molar-refractivity contribution in [1.29, 1.82) is 0 Å². The molecule has 0 aliphatic heterocycles. The van der Waals surface area contributed by atoms with E-state index in [-0.39, 0.29) is 17.9 Å². The maximum Gasteiger partial charge on any atom is 0.326 e. The minimum atomic E-state index is -1.23. The van der Waals surface area contributed by atoms with Crippen molar-refractivity contribution in [2.24, 2.45) is 0 Å². The zero-order valence-electron chi connectivity index (χ0n) is 8.82. The Morgan fingerprint density at radius 1 is 1.41 bits per heavy atom. The first-order valence-electron chi connectivity index (χ1n) is 4.86. The molecule has 1 rings (SSSR count). The van der Waals surface area contributed by atoms with Gasteiger partial charge in [0.2, 0.25) is 5.91 Å². The molecule has 1 aromatic carbocycles. The van der Waals surface area contributed by atoms with E-state index in [2.05, 4.69) is 5.32 Å². The van der Waals surface area contributed by atoms with Gasteiger partial charge in [-0.15, -0.1) is 11.6 Å². The Hall–Kier alpha value is -1.62. The van der Waals surface area contributed by atoms with Crippen LogP contribution in [0.5, 0.6) is 0 Å². The zero-order valence-corrected chi connectivity index (χ0v) is 9.58. The average Bonchev–Trinajstić information content (AvgIpc) is 2.30. The summed E-state index contributed by atoms with van der Waals surface area (Å²) in [6, 6.07) is 4.63. The summed E-state index contributed by atoms with van der Waals surface area (Å²) >= 11 is 5.26. The monoisotopic (exact) mass is 259 g/mol. The van der Waals surface area contributed by atoms with E-state index in [1.165, 1.54) is 18.2 Å². The topological polar surface area (TPSA) is 66.4 Å². The predicted octanol–water partition coefficient (Wildman–Crippen LogP) is 1.18. The summed E-state index contributed by atoms with van der Waals surface area (Å²) in [7, 11) is 0. The Kier molecular flexibility index (Phi) is 4.90. The molecular weight excluding hydrogens is 249 g/mol. The van der Waals surface area contributed by atoms with Crippen LogP contribution in [0, 0.1) is 5.82 Å². The lowest BCUT2D eigenvalue weighted by molar-refractivity contribution is -0.141. The number of nitrogens with one attached hydrogen (secondary N) is 1. The van der Waals surface area contributed by atoms with Crippen molar-refractivity contribution in [3.8, 4) is 0 Å². The van der Waals surface area contributed by atoms with Crippen molar-refractivity contribution in [2.75, 3.05) is 5.88 Å². The molecule has 0 spiro atoms. The molecular formula is C11H11ClFNO3. The van der Waals surface area contributed by atoms with E-state index in [1.807, 2.05) is 0 Å². The van der Waals surface area contributed by atoms with E-state index in [0.29, 0.717) is 0 Å². The lowest BCUT2D eigenvalue weighted by atomic mass is 10.1. The van der Waals surface area contributed by atoms with Crippen molar-refractivity contribution >= 4 is 23.5 Å². The predicted molar refractivity (Wildman–Crippen MR) is 60.4 cm³/mol. The van der Waals surface area contributed by atoms with Gasteiger partial charge in [0, 0.05) is 6.42 Å². The van der Waals surface area contributed by atoms with E-state index in [9.17, 15) is 14.0 Å². The SMILES string of the molecule is O=C(CCl)NC(Cc1ccccc1F)C(=O)O. The van der Waals surface area contributed by atoms with Crippen LogP contribution in [0.15, 0.2) is 24.3 Å². The second-order valence-electron chi connectivity index (χ2n) is 3.39. The lowest BCUT2D eigenvalue weighted by Crippen LogP contribution is -2.43. The van der Waals surface area contributed by atoms with Crippen molar-refractivity contribution in [3.05, 3.63) is 35.6 Å². The highest BCUT2D eigenvalue weighted by molar-refractivity contribution is 6.27. The zero-order chi connectivity index (χ0) is 12.8. The van der Waals surface area contributed by atoms with Gasteiger partial charge in [-0.1, -0.05) is 18.2 Å². The molecule has 0 saturated carbocycles. The molecule has 1 aromatic rings. The maximum atomic E-state index is 13.3. The summed E-state index contributed by atoms with van der Waals surface area (Å²) in [6.45, 7) is 0. The molecule has 0 fully saturated rings. The van der Waals surface area contributed by atoms with E-state index in [4.69, 9.17) is 16.7 Å². The molecule has 0 aliphatic rings. The fraction of sp³-hybridized carbons (Fsp3) is 0.273. The lowest BCUT2D eigenvalue weighted by Gasteiger charge is -2.14. The number of aliphatic carboxylic acids is 1. The number of benzene rings is 1. The fourth-order valence-electron chi connectivity index (χ4n) is 1.32. The molecule has 92 valence electrons. The van der Waals surface area contributed by atoms with E-state index in [1.54, 1.807) is 6.07 Å². The first-order valence-corrected chi connectivity index (χ1v) is 5.39. The molecule has 0 aliphatic carbocycles. The van der Waals surface area contributed by atoms with Crippen molar-refractivity contribution in [3.63, 3.8) is 0 Å². The van der Waals surface area contributed by atoms with Crippen LogP contribution in [-0.2, 0) is 16.0 Å². The smallest absolute Gasteiger partial charge is 0.326 e. The van der Waals surface area contributed by atoms with Gasteiger partial charge < -0.3 is 10.4 Å². The normalized spacial score (nSPS) is 11.9. The van der Waals surface area contributed by atoms with Crippen LogP contribution in [0.25, 0.3) is 0 Å². The second kappa shape index (κ2) is 6.20. The molecule has 1 unspecified atom stereocenters. The van der Waals surface area contributed by atoms with Gasteiger partial charge in [0.05, 0.1) is 0 Å². The van der Waals surface area contributed by atoms with Crippen LogP contribution in [0.1, 0.15) is 5.56 Å². The van der Waals surface area contributed by atoms with Crippen LogP contribution in [-0.4, -0.2) is 28.9 Å². The number of carboxylic acid groups (broad SMARTS) is 1. The number of alkyl halides is 1. The van der Waals surface area contributed by atoms with Gasteiger partial charge in [-0.2, -0.15) is 0 Å². The number of hydrogen-bond donors (Lipinski definition) is 2. The summed E-state index contributed by atoms with van der Waals surface area (Å²) in [5.74, 6) is -2.66. The van der Waals surface area contributed by atoms with E-state index < -0.39 is 23.7 Å². The minimum absolute atomic E-state index is 0.120. The highest BCUT2D eigenvalue weighted by Gasteiger charge is 2.21. The molecule has 0 radical (unpaired) electrons. The van der Waals surface area contributed by atoms with Gasteiger partial charge in [-0.05, 0) is 11.6 Å². The molecule has 17 heavy (non-hydrogen) atoms. The number of carbonyl (C=O) groups excluding carboxylic acids is 1. The Morgan fingerprint density at radius 3 is 2.59 bits per heavy atom. The summed E-state index contributed by atoms with van der Waals surface area (Å²) in [6.07, 6.45) is -0.120. The van der Waals surface area contributed by atoms with Crippen LogP contribution >= 0.6 is 11.6 Å². The Balaban J connectivity index is 2.77. The number of hydrogen-bond acceptors (Lipinski definition) is 2. The quantitative estimate of drug-likeness (QED) is 0.781. The Labute approximate surface area is 102 Å². The third kappa shape index (κ3) is 4.03. The summed E-state index contributed by atoms with van der Waals surface area (Å²) in [4.78, 5) is 21.9. The van der Waals surface area contributed by atoms with Crippen LogP contribution in [0.3, 0.4) is 0 Å². The molecule has 0 saturated heterocycles. The number of rotatable bonds is 5. The summed E-state index contributed by atoms with van der Waals surface area (Å²) in [5.41, 5.74) is 0.231. The Morgan fingerprint density at radius 2 is 2.06 bits per heavy atom. The summed E-state index contributed by atoms with van der Waals surface area (Å²) in [5, 5.41) is 11.1. The van der Waals surface area contributed by atoms with Gasteiger partial charge >= 0.3 is 5.97 Å². The maximum absolute atomic E-state index is 13.3. The van der Waals surface area contributed by atoms with Gasteiger partial charge in [0.15, 0.2) is 0 Å². The highest BCUT2D eigenvalue weighted by Crippen LogP contribution is 2.09. The first-order chi connectivity index (χ1) is 8.04. The van der Waals surface area contributed by atoms with Crippen LogP contribution < -0.4 is 5.32 Å². The summed E-state index contributed by atoms with van der Waals surface area (Å²) < 4.78 is 13.3. The number of amides is 1. The number of carbonyl (C=O) groups is 2. The van der Waals surface area contributed by atoms with Crippen molar-refractivity contribution in [1.82, 2.24) is 5.32 Å². The highest BCUT2D eigenvalue weighted by atomic mass is 35.5. The Bertz CT molecular complexity index is 425. The molecule has 6 heteroatoms. The van der Waals surface area contributed by atoms with Gasteiger partial charge in [0.25, 0.3) is 0 Å². The average molecular weight is 260 g/mol. The van der Waals surface area contributed by atoms with E-state index in [0.717, 1.165) is 0 Å². The van der Waals surface area contributed by atoms with Crippen LogP contribution in [0.4, 0.5) is 4.39 Å². The third-order valence-corrected chi connectivity index (χ3v) is 2.38. The minimum Gasteiger partial charge on any atom is -0.480 e. The largest absolute Gasteiger partial charge is 0.480 e. The second-order valence-corrected chi connectivity index (χ2v) is 3.65. The molecule has 1 amide bonds.